The van der Waals surface area contributed by atoms with Gasteiger partial charge in [-0.1, -0.05) is 0 Å². The Kier molecular flexibility index (Phi) is 3.67. The minimum atomic E-state index is 0.00264. The predicted molar refractivity (Wildman–Crippen MR) is 58.7 cm³/mol. The summed E-state index contributed by atoms with van der Waals surface area (Å²) in [7, 11) is 0. The van der Waals surface area contributed by atoms with E-state index in [2.05, 4.69) is 16.8 Å². The van der Waals surface area contributed by atoms with E-state index in [1.165, 1.54) is 0 Å². The fourth-order valence-electron chi connectivity index (χ4n) is 1.41. The van der Waals surface area contributed by atoms with Crippen LogP contribution in [0.2, 0.25) is 0 Å². The average molecular weight is 188 g/mol. The number of nitrogens with two attached hydrogens (primary N) is 1. The summed E-state index contributed by atoms with van der Waals surface area (Å²) < 4.78 is 0. The molecule has 2 N–H and O–H groups in total. The minimum absolute atomic E-state index is 0.00264. The smallest absolute Gasteiger partial charge is 0.0407 e. The van der Waals surface area contributed by atoms with Gasteiger partial charge in [-0.25, -0.2) is 0 Å². The lowest BCUT2D eigenvalue weighted by Crippen LogP contribution is -2.10. The van der Waals surface area contributed by atoms with E-state index in [0.29, 0.717) is 6.42 Å². The van der Waals surface area contributed by atoms with Crippen molar-refractivity contribution in [3.8, 4) is 11.8 Å². The monoisotopic (exact) mass is 188 g/mol. The molecule has 0 bridgehead atoms. The first kappa shape index (κ1) is 10.7. The van der Waals surface area contributed by atoms with E-state index in [9.17, 15) is 0 Å². The van der Waals surface area contributed by atoms with Crippen LogP contribution in [0.1, 0.15) is 36.3 Å². The fourth-order valence-corrected chi connectivity index (χ4v) is 1.41. The molecular weight excluding hydrogens is 172 g/mol. The molecule has 2 heteroatoms. The molecule has 74 valence electrons. The largest absolute Gasteiger partial charge is 0.323 e. The maximum absolute atomic E-state index is 5.99. The summed E-state index contributed by atoms with van der Waals surface area (Å²) in [6.07, 6.45) is 0.708. The molecule has 0 aromatic carbocycles. The van der Waals surface area contributed by atoms with Crippen molar-refractivity contribution >= 4 is 0 Å². The number of hydrogen-bond acceptors (Lipinski definition) is 2. The maximum atomic E-state index is 5.99. The summed E-state index contributed by atoms with van der Waals surface area (Å²) in [6.45, 7) is 5.79. The van der Waals surface area contributed by atoms with E-state index in [1.54, 1.807) is 0 Å². The van der Waals surface area contributed by atoms with Crippen LogP contribution < -0.4 is 5.73 Å². The predicted octanol–water partition coefficient (Wildman–Crippen LogP) is 2.11. The van der Waals surface area contributed by atoms with Gasteiger partial charge in [0.2, 0.25) is 0 Å². The van der Waals surface area contributed by atoms with Crippen molar-refractivity contribution in [1.29, 1.82) is 0 Å². The van der Waals surface area contributed by atoms with Gasteiger partial charge in [-0.15, -0.1) is 11.8 Å². The first-order valence-electron chi connectivity index (χ1n) is 4.74. The SMILES string of the molecule is CC#CCC(N)c1cc(C)nc(C)c1. The average Bonchev–Trinajstić information content (AvgIpc) is 2.12. The van der Waals surface area contributed by atoms with Crippen LogP contribution >= 0.6 is 0 Å². The Hall–Kier alpha value is -1.33. The standard InChI is InChI=1S/C12H16N2/c1-4-5-6-12(13)11-7-9(2)14-10(3)8-11/h7-8,12H,6,13H2,1-3H3. The zero-order chi connectivity index (χ0) is 10.6. The molecule has 1 atom stereocenters. The third-order valence-corrected chi connectivity index (χ3v) is 2.03. The highest BCUT2D eigenvalue weighted by molar-refractivity contribution is 5.24. The van der Waals surface area contributed by atoms with Crippen LogP contribution in [0.4, 0.5) is 0 Å². The molecule has 0 radical (unpaired) electrons. The Bertz CT molecular complexity index is 351. The highest BCUT2D eigenvalue weighted by Gasteiger charge is 2.05. The van der Waals surface area contributed by atoms with Gasteiger partial charge in [0.15, 0.2) is 0 Å². The van der Waals surface area contributed by atoms with Gasteiger partial charge >= 0.3 is 0 Å². The summed E-state index contributed by atoms with van der Waals surface area (Å²) in [5.41, 5.74) is 9.14. The van der Waals surface area contributed by atoms with E-state index in [4.69, 9.17) is 5.73 Å². The van der Waals surface area contributed by atoms with E-state index in [-0.39, 0.29) is 6.04 Å². The van der Waals surface area contributed by atoms with Crippen LogP contribution in [0, 0.1) is 25.7 Å². The number of aryl methyl sites for hydroxylation is 2. The van der Waals surface area contributed by atoms with Crippen LogP contribution in [0.25, 0.3) is 0 Å². The zero-order valence-electron chi connectivity index (χ0n) is 8.96. The Morgan fingerprint density at radius 3 is 2.43 bits per heavy atom. The van der Waals surface area contributed by atoms with Crippen molar-refractivity contribution in [3.05, 3.63) is 29.1 Å². The molecule has 0 aliphatic rings. The second kappa shape index (κ2) is 4.78. The van der Waals surface area contributed by atoms with Gasteiger partial charge < -0.3 is 5.73 Å². The molecule has 0 saturated carbocycles. The van der Waals surface area contributed by atoms with E-state index < -0.39 is 0 Å². The Balaban J connectivity index is 2.87. The number of pyridine rings is 1. The van der Waals surface area contributed by atoms with Crippen LogP contribution in [-0.2, 0) is 0 Å². The second-order valence-corrected chi connectivity index (χ2v) is 3.42. The highest BCUT2D eigenvalue weighted by atomic mass is 14.7. The molecule has 1 heterocycles. The molecule has 2 nitrogen and oxygen atoms in total. The van der Waals surface area contributed by atoms with Gasteiger partial charge in [-0.3, -0.25) is 4.98 Å². The third-order valence-electron chi connectivity index (χ3n) is 2.03. The maximum Gasteiger partial charge on any atom is 0.0407 e. The van der Waals surface area contributed by atoms with Gasteiger partial charge in [-0.2, -0.15) is 0 Å². The van der Waals surface area contributed by atoms with Gasteiger partial charge in [0.05, 0.1) is 0 Å². The lowest BCUT2D eigenvalue weighted by Gasteiger charge is -2.09. The first-order valence-corrected chi connectivity index (χ1v) is 4.74. The number of nitrogens with zero attached hydrogens (tertiary/aromatic N) is 1. The Labute approximate surface area is 85.5 Å². The quantitative estimate of drug-likeness (QED) is 0.722. The molecule has 1 rings (SSSR count). The van der Waals surface area contributed by atoms with Crippen molar-refractivity contribution in [3.63, 3.8) is 0 Å². The van der Waals surface area contributed by atoms with Crippen molar-refractivity contribution < 1.29 is 0 Å². The molecule has 14 heavy (non-hydrogen) atoms. The number of aromatic nitrogens is 1. The fraction of sp³-hybridized carbons (Fsp3) is 0.417. The van der Waals surface area contributed by atoms with Gasteiger partial charge in [0.1, 0.15) is 0 Å². The Morgan fingerprint density at radius 1 is 1.36 bits per heavy atom. The second-order valence-electron chi connectivity index (χ2n) is 3.42. The van der Waals surface area contributed by atoms with Crippen molar-refractivity contribution in [2.75, 3.05) is 0 Å². The Morgan fingerprint density at radius 2 is 1.93 bits per heavy atom. The van der Waals surface area contributed by atoms with Crippen molar-refractivity contribution in [2.24, 2.45) is 5.73 Å². The molecule has 0 spiro atoms. The third kappa shape index (κ3) is 2.86. The van der Waals surface area contributed by atoms with E-state index in [0.717, 1.165) is 17.0 Å². The van der Waals surface area contributed by atoms with Gasteiger partial charge in [0, 0.05) is 23.9 Å². The van der Waals surface area contributed by atoms with Crippen LogP contribution in [0.3, 0.4) is 0 Å². The summed E-state index contributed by atoms with van der Waals surface area (Å²) in [4.78, 5) is 4.31. The van der Waals surface area contributed by atoms with Crippen LogP contribution in [0.5, 0.6) is 0 Å². The molecular formula is C12H16N2. The van der Waals surface area contributed by atoms with Crippen LogP contribution in [-0.4, -0.2) is 4.98 Å². The highest BCUT2D eigenvalue weighted by Crippen LogP contribution is 2.15. The van der Waals surface area contributed by atoms with E-state index in [1.807, 2.05) is 32.9 Å². The summed E-state index contributed by atoms with van der Waals surface area (Å²) in [5.74, 6) is 5.84. The normalized spacial score (nSPS) is 11.7. The van der Waals surface area contributed by atoms with Gasteiger partial charge in [0.25, 0.3) is 0 Å². The first-order chi connectivity index (χ1) is 6.63. The number of hydrogen-bond donors (Lipinski definition) is 1. The summed E-state index contributed by atoms with van der Waals surface area (Å²) in [6, 6.07) is 4.05. The van der Waals surface area contributed by atoms with Gasteiger partial charge in [-0.05, 0) is 38.5 Å². The van der Waals surface area contributed by atoms with E-state index >= 15 is 0 Å². The molecule has 0 fully saturated rings. The lowest BCUT2D eigenvalue weighted by molar-refractivity contribution is 0.748. The number of rotatable bonds is 2. The van der Waals surface area contributed by atoms with Crippen molar-refractivity contribution in [1.82, 2.24) is 4.98 Å². The molecule has 0 saturated heterocycles. The topological polar surface area (TPSA) is 38.9 Å². The molecule has 1 unspecified atom stereocenters. The summed E-state index contributed by atoms with van der Waals surface area (Å²) >= 11 is 0. The lowest BCUT2D eigenvalue weighted by atomic mass is 10.0. The zero-order valence-corrected chi connectivity index (χ0v) is 8.96. The van der Waals surface area contributed by atoms with Crippen molar-refractivity contribution in [2.45, 2.75) is 33.2 Å². The minimum Gasteiger partial charge on any atom is -0.323 e. The molecule has 0 amide bonds. The van der Waals surface area contributed by atoms with Crippen LogP contribution in [0.15, 0.2) is 12.1 Å². The molecule has 1 aromatic heterocycles. The summed E-state index contributed by atoms with van der Waals surface area (Å²) in [5, 5.41) is 0. The molecule has 0 aliphatic heterocycles. The molecule has 1 aromatic rings. The molecule has 0 aliphatic carbocycles.